The number of oxime groups is 1. The number of hydrogen-bond donors (Lipinski definition) is 2. The fourth-order valence-corrected chi connectivity index (χ4v) is 5.76. The van der Waals surface area contributed by atoms with Crippen LogP contribution in [0.15, 0.2) is 53.2 Å². The maximum Gasteiger partial charge on any atom is 0.286 e. The van der Waals surface area contributed by atoms with E-state index < -0.39 is 29.2 Å². The number of pyridine rings is 1. The Balaban J connectivity index is 1.37. The quantitative estimate of drug-likeness (QED) is 0.158. The minimum atomic E-state index is -1.45. The molecule has 2 atom stereocenters. The lowest BCUT2D eigenvalue weighted by Gasteiger charge is -2.50. The van der Waals surface area contributed by atoms with Gasteiger partial charge in [-0.25, -0.2) is 8.97 Å². The molecule has 0 spiro atoms. The van der Waals surface area contributed by atoms with Gasteiger partial charge in [0.25, 0.3) is 17.5 Å². The zero-order valence-corrected chi connectivity index (χ0v) is 19.8. The van der Waals surface area contributed by atoms with Crippen LogP contribution in [0.25, 0.3) is 5.65 Å². The number of β-lactam (4-membered cyclic amide) rings is 1. The molecule has 2 amide bonds. The van der Waals surface area contributed by atoms with Crippen molar-refractivity contribution in [3.63, 3.8) is 0 Å². The number of carboxylic acid groups (broad SMARTS) is 1. The first-order valence-corrected chi connectivity index (χ1v) is 12.1. The van der Waals surface area contributed by atoms with Gasteiger partial charge in [0, 0.05) is 28.9 Å². The first-order chi connectivity index (χ1) is 16.9. The molecule has 0 aliphatic carbocycles. The fourth-order valence-electron chi connectivity index (χ4n) is 3.99. The van der Waals surface area contributed by atoms with Gasteiger partial charge in [-0.05, 0) is 6.07 Å². The smallest absolute Gasteiger partial charge is 0.286 e. The van der Waals surface area contributed by atoms with Crippen LogP contribution in [0.2, 0.25) is 0 Å². The molecule has 0 unspecified atom stereocenters. The average molecular weight is 515 g/mol. The summed E-state index contributed by atoms with van der Waals surface area (Å²) in [6, 6.07) is 4.71. The standard InChI is InChI=1S/C20H18N8O5S2/c1-33-24-12(15-23-20(21)35-25-15)16(29)22-13-17(30)28-14(19(31)32)10(9-34-18(13)28)8-27-7-6-26-5-3-2-4-11(26)27/h2-7,13,18H,8-9H2,1H3,(H3-,21,22,23,25,29,31,32)/b24-12-/t13-,18-/m1/s1. The fraction of sp³-hybridized carbons (Fsp3) is 0.250. The van der Waals surface area contributed by atoms with E-state index in [-0.39, 0.29) is 28.9 Å². The first kappa shape index (κ1) is 22.8. The van der Waals surface area contributed by atoms with Gasteiger partial charge in [0.05, 0.1) is 17.9 Å². The number of imidazole rings is 1. The monoisotopic (exact) mass is 514 g/mol. The molecule has 180 valence electrons. The lowest BCUT2D eigenvalue weighted by Crippen LogP contribution is -2.71. The Morgan fingerprint density at radius 1 is 1.40 bits per heavy atom. The van der Waals surface area contributed by atoms with E-state index >= 15 is 0 Å². The molecule has 15 heteroatoms. The first-order valence-electron chi connectivity index (χ1n) is 10.2. The normalized spacial score (nSPS) is 20.0. The van der Waals surface area contributed by atoms with Crippen LogP contribution in [0, 0.1) is 0 Å². The van der Waals surface area contributed by atoms with Crippen molar-refractivity contribution in [2.75, 3.05) is 18.6 Å². The zero-order valence-electron chi connectivity index (χ0n) is 18.2. The van der Waals surface area contributed by atoms with E-state index in [1.54, 1.807) is 0 Å². The van der Waals surface area contributed by atoms with Crippen LogP contribution < -0.4 is 20.6 Å². The van der Waals surface area contributed by atoms with Crippen molar-refractivity contribution in [3.8, 4) is 0 Å². The van der Waals surface area contributed by atoms with Crippen molar-refractivity contribution in [1.29, 1.82) is 0 Å². The van der Waals surface area contributed by atoms with Crippen LogP contribution in [0.1, 0.15) is 5.82 Å². The number of nitrogen functional groups attached to an aromatic ring is 1. The van der Waals surface area contributed by atoms with Gasteiger partial charge in [0.1, 0.15) is 37.5 Å². The summed E-state index contributed by atoms with van der Waals surface area (Å²) in [4.78, 5) is 47.6. The molecule has 0 aromatic carbocycles. The molecule has 2 aliphatic heterocycles. The molecule has 2 aliphatic rings. The lowest BCUT2D eigenvalue weighted by atomic mass is 10.0. The highest BCUT2D eigenvalue weighted by Crippen LogP contribution is 2.40. The Hall–Kier alpha value is -3.98. The number of hydrogen-bond acceptors (Lipinski definition) is 11. The van der Waals surface area contributed by atoms with Crippen molar-refractivity contribution < 1.29 is 28.7 Å². The number of nitrogens with zero attached hydrogens (tertiary/aromatic N) is 6. The second-order valence-electron chi connectivity index (χ2n) is 7.57. The number of nitrogens with one attached hydrogen (secondary N) is 1. The molecule has 35 heavy (non-hydrogen) atoms. The van der Waals surface area contributed by atoms with Crippen LogP contribution in [0.5, 0.6) is 0 Å². The number of aliphatic carboxylic acids is 1. The predicted molar refractivity (Wildman–Crippen MR) is 123 cm³/mol. The summed E-state index contributed by atoms with van der Waals surface area (Å²) in [6.07, 6.45) is 5.58. The Labute approximate surface area is 206 Å². The molecule has 5 rings (SSSR count). The highest BCUT2D eigenvalue weighted by Gasteiger charge is 2.53. The van der Waals surface area contributed by atoms with Gasteiger partial charge in [-0.15, -0.1) is 11.8 Å². The van der Waals surface area contributed by atoms with Crippen LogP contribution in [-0.4, -0.2) is 66.6 Å². The van der Waals surface area contributed by atoms with Gasteiger partial charge in [0.2, 0.25) is 11.5 Å². The lowest BCUT2D eigenvalue weighted by molar-refractivity contribution is -0.510. The summed E-state index contributed by atoms with van der Waals surface area (Å²) >= 11 is 2.23. The number of carboxylic acids is 1. The molecule has 3 aromatic rings. The van der Waals surface area contributed by atoms with Crippen molar-refractivity contribution in [2.24, 2.45) is 5.16 Å². The maximum atomic E-state index is 13.0. The number of rotatable bonds is 7. The second kappa shape index (κ2) is 8.99. The van der Waals surface area contributed by atoms with E-state index in [0.29, 0.717) is 11.3 Å². The van der Waals surface area contributed by atoms with Crippen molar-refractivity contribution in [2.45, 2.75) is 18.0 Å². The molecule has 3 aromatic heterocycles. The van der Waals surface area contributed by atoms with Crippen LogP contribution in [0.4, 0.5) is 5.13 Å². The minimum absolute atomic E-state index is 0.0406. The summed E-state index contributed by atoms with van der Waals surface area (Å²) in [5.74, 6) is -2.47. The van der Waals surface area contributed by atoms with Gasteiger partial charge in [0.15, 0.2) is 5.13 Å². The number of aromatic nitrogens is 4. The van der Waals surface area contributed by atoms with Gasteiger partial charge >= 0.3 is 0 Å². The Morgan fingerprint density at radius 2 is 2.23 bits per heavy atom. The van der Waals surface area contributed by atoms with E-state index in [0.717, 1.165) is 22.1 Å². The number of nitrogens with two attached hydrogens (primary N) is 1. The SMILES string of the molecule is CO/N=C(\C(=O)N[C@@H]1C(=O)N2C(C(=O)[O-])=C(Cn3cc[n+]4ccccc34)CS[C@H]12)c1nsc(N)n1. The van der Waals surface area contributed by atoms with Crippen molar-refractivity contribution in [3.05, 3.63) is 53.9 Å². The summed E-state index contributed by atoms with van der Waals surface area (Å²) in [5.41, 5.74) is 6.56. The summed E-state index contributed by atoms with van der Waals surface area (Å²) < 4.78 is 7.74. The van der Waals surface area contributed by atoms with Gasteiger partial charge in [-0.1, -0.05) is 11.2 Å². The molecule has 0 bridgehead atoms. The molecular weight excluding hydrogens is 496 g/mol. The number of carbonyl (C=O) groups is 3. The summed E-state index contributed by atoms with van der Waals surface area (Å²) in [7, 11) is 1.25. The van der Waals surface area contributed by atoms with Gasteiger partial charge in [-0.2, -0.15) is 9.36 Å². The Bertz CT molecular complexity index is 1410. The number of amides is 2. The summed E-state index contributed by atoms with van der Waals surface area (Å²) in [5, 5.41) is 17.8. The summed E-state index contributed by atoms with van der Waals surface area (Å²) in [6.45, 7) is 0.270. The van der Waals surface area contributed by atoms with Crippen LogP contribution in [0.3, 0.4) is 0 Å². The third kappa shape index (κ3) is 3.97. The number of anilines is 1. The van der Waals surface area contributed by atoms with E-state index in [1.807, 2.05) is 45.8 Å². The number of thioether (sulfide) groups is 1. The van der Waals surface area contributed by atoms with E-state index in [4.69, 9.17) is 10.6 Å². The van der Waals surface area contributed by atoms with E-state index in [1.165, 1.54) is 18.9 Å². The third-order valence-corrected chi connectivity index (χ3v) is 7.39. The minimum Gasteiger partial charge on any atom is -0.543 e. The zero-order chi connectivity index (χ0) is 24.7. The van der Waals surface area contributed by atoms with Gasteiger partial charge < -0.3 is 25.8 Å². The number of carbonyl (C=O) groups excluding carboxylic acids is 3. The highest BCUT2D eigenvalue weighted by molar-refractivity contribution is 8.00. The predicted octanol–water partition coefficient (Wildman–Crippen LogP) is -1.88. The topological polar surface area (TPSA) is 172 Å². The van der Waals surface area contributed by atoms with E-state index in [2.05, 4.69) is 19.8 Å². The molecular formula is C20H18N8O5S2. The average Bonchev–Trinajstić information content (AvgIpc) is 3.46. The maximum absolute atomic E-state index is 13.0. The van der Waals surface area contributed by atoms with Crippen molar-refractivity contribution >= 4 is 57.6 Å². The second-order valence-corrected chi connectivity index (χ2v) is 9.46. The molecule has 5 heterocycles. The molecule has 0 radical (unpaired) electrons. The number of fused-ring (bicyclic) bond motifs is 2. The van der Waals surface area contributed by atoms with Crippen LogP contribution in [-0.2, 0) is 25.8 Å². The molecule has 13 nitrogen and oxygen atoms in total. The Kier molecular flexibility index (Phi) is 5.86. The molecule has 1 saturated heterocycles. The molecule has 3 N–H and O–H groups in total. The van der Waals surface area contributed by atoms with Gasteiger partial charge in [-0.3, -0.25) is 14.5 Å². The van der Waals surface area contributed by atoms with Crippen molar-refractivity contribution in [1.82, 2.24) is 24.1 Å². The highest BCUT2D eigenvalue weighted by atomic mass is 32.2. The third-order valence-electron chi connectivity index (χ3n) is 5.51. The Morgan fingerprint density at radius 3 is 2.94 bits per heavy atom. The van der Waals surface area contributed by atoms with Crippen LogP contribution >= 0.6 is 23.3 Å². The van der Waals surface area contributed by atoms with E-state index in [9.17, 15) is 19.5 Å². The largest absolute Gasteiger partial charge is 0.543 e. The molecule has 0 saturated carbocycles. The molecule has 1 fully saturated rings.